The van der Waals surface area contributed by atoms with E-state index in [4.69, 9.17) is 0 Å². The first-order chi connectivity index (χ1) is 6.68. The summed E-state index contributed by atoms with van der Waals surface area (Å²) in [7, 11) is 0. The van der Waals surface area contributed by atoms with E-state index >= 15 is 0 Å². The molecule has 0 amide bonds. The van der Waals surface area contributed by atoms with Crippen LogP contribution in [0.4, 0.5) is 4.39 Å². The SMILES string of the molecule is CC1C(=O)CCC1c1cncc(F)c1. The van der Waals surface area contributed by atoms with Crippen LogP contribution >= 0.6 is 0 Å². The molecule has 1 aromatic rings. The van der Waals surface area contributed by atoms with Crippen LogP contribution in [-0.2, 0) is 4.79 Å². The van der Waals surface area contributed by atoms with Crippen LogP contribution < -0.4 is 0 Å². The Balaban J connectivity index is 2.28. The molecule has 1 fully saturated rings. The summed E-state index contributed by atoms with van der Waals surface area (Å²) in [5.41, 5.74) is 0.850. The molecule has 3 heteroatoms. The van der Waals surface area contributed by atoms with E-state index in [-0.39, 0.29) is 23.4 Å². The lowest BCUT2D eigenvalue weighted by molar-refractivity contribution is -0.120. The van der Waals surface area contributed by atoms with E-state index in [2.05, 4.69) is 4.98 Å². The number of aromatic nitrogens is 1. The molecular weight excluding hydrogens is 181 g/mol. The minimum Gasteiger partial charge on any atom is -0.299 e. The van der Waals surface area contributed by atoms with Crippen molar-refractivity contribution in [2.45, 2.75) is 25.7 Å². The van der Waals surface area contributed by atoms with E-state index in [9.17, 15) is 9.18 Å². The molecule has 1 saturated carbocycles. The Hall–Kier alpha value is -1.25. The normalized spacial score (nSPS) is 26.9. The van der Waals surface area contributed by atoms with Gasteiger partial charge in [-0.2, -0.15) is 0 Å². The largest absolute Gasteiger partial charge is 0.299 e. The fourth-order valence-corrected chi connectivity index (χ4v) is 2.09. The molecule has 0 aliphatic heterocycles. The van der Waals surface area contributed by atoms with Crippen LogP contribution in [0.3, 0.4) is 0 Å². The third-order valence-corrected chi connectivity index (χ3v) is 2.97. The van der Waals surface area contributed by atoms with Gasteiger partial charge in [0, 0.05) is 18.5 Å². The zero-order valence-corrected chi connectivity index (χ0v) is 8.03. The number of nitrogens with zero attached hydrogens (tertiary/aromatic N) is 1. The van der Waals surface area contributed by atoms with Crippen molar-refractivity contribution in [3.63, 3.8) is 0 Å². The fourth-order valence-electron chi connectivity index (χ4n) is 2.09. The van der Waals surface area contributed by atoms with Crippen LogP contribution in [0.1, 0.15) is 31.2 Å². The number of halogens is 1. The van der Waals surface area contributed by atoms with E-state index in [1.54, 1.807) is 6.20 Å². The van der Waals surface area contributed by atoms with Gasteiger partial charge in [0.2, 0.25) is 0 Å². The number of carbonyl (C=O) groups excluding carboxylic acids is 1. The van der Waals surface area contributed by atoms with Gasteiger partial charge in [0.05, 0.1) is 6.20 Å². The summed E-state index contributed by atoms with van der Waals surface area (Å²) in [6, 6.07) is 1.48. The Morgan fingerprint density at radius 3 is 2.86 bits per heavy atom. The molecule has 14 heavy (non-hydrogen) atoms. The second-order valence-corrected chi connectivity index (χ2v) is 3.84. The van der Waals surface area contributed by atoms with Gasteiger partial charge in [-0.1, -0.05) is 6.92 Å². The molecule has 2 rings (SSSR count). The number of hydrogen-bond donors (Lipinski definition) is 0. The first-order valence-electron chi connectivity index (χ1n) is 4.81. The quantitative estimate of drug-likeness (QED) is 0.685. The Labute approximate surface area is 82.2 Å². The first kappa shape index (κ1) is 9.31. The lowest BCUT2D eigenvalue weighted by Crippen LogP contribution is -2.09. The highest BCUT2D eigenvalue weighted by atomic mass is 19.1. The summed E-state index contributed by atoms with van der Waals surface area (Å²) in [5, 5.41) is 0. The number of pyridine rings is 1. The van der Waals surface area contributed by atoms with E-state index in [0.717, 1.165) is 12.0 Å². The minimum absolute atomic E-state index is 0.0126. The summed E-state index contributed by atoms with van der Waals surface area (Å²) in [4.78, 5) is 15.1. The Morgan fingerprint density at radius 2 is 2.29 bits per heavy atom. The first-order valence-corrected chi connectivity index (χ1v) is 4.81. The molecule has 0 radical (unpaired) electrons. The molecule has 1 aromatic heterocycles. The molecule has 0 bridgehead atoms. The van der Waals surface area contributed by atoms with Crippen LogP contribution in [0.5, 0.6) is 0 Å². The monoisotopic (exact) mass is 193 g/mol. The third-order valence-electron chi connectivity index (χ3n) is 2.97. The van der Waals surface area contributed by atoms with E-state index < -0.39 is 0 Å². The lowest BCUT2D eigenvalue weighted by atomic mass is 9.91. The van der Waals surface area contributed by atoms with Gasteiger partial charge in [0.25, 0.3) is 0 Å². The van der Waals surface area contributed by atoms with Crippen molar-refractivity contribution in [2.75, 3.05) is 0 Å². The maximum atomic E-state index is 12.9. The molecular formula is C11H12FNO. The summed E-state index contributed by atoms with van der Waals surface area (Å²) < 4.78 is 12.9. The van der Waals surface area contributed by atoms with Gasteiger partial charge in [0.1, 0.15) is 11.6 Å². The van der Waals surface area contributed by atoms with Crippen LogP contribution in [0.25, 0.3) is 0 Å². The highest BCUT2D eigenvalue weighted by Gasteiger charge is 2.32. The molecule has 1 aliphatic carbocycles. The van der Waals surface area contributed by atoms with Gasteiger partial charge in [-0.25, -0.2) is 4.39 Å². The molecule has 1 heterocycles. The number of ketones is 1. The predicted octanol–water partition coefficient (Wildman–Crippen LogP) is 2.30. The predicted molar refractivity (Wildman–Crippen MR) is 50.3 cm³/mol. The second kappa shape index (κ2) is 3.48. The molecule has 74 valence electrons. The van der Waals surface area contributed by atoms with Crippen molar-refractivity contribution in [1.82, 2.24) is 4.98 Å². The van der Waals surface area contributed by atoms with Crippen molar-refractivity contribution >= 4 is 5.78 Å². The maximum Gasteiger partial charge on any atom is 0.141 e. The number of hydrogen-bond acceptors (Lipinski definition) is 2. The number of Topliss-reactive ketones (excluding diaryl/α,β-unsaturated/α-hetero) is 1. The van der Waals surface area contributed by atoms with Gasteiger partial charge in [-0.3, -0.25) is 9.78 Å². The third kappa shape index (κ3) is 1.54. The van der Waals surface area contributed by atoms with Gasteiger partial charge >= 0.3 is 0 Å². The highest BCUT2D eigenvalue weighted by molar-refractivity contribution is 5.84. The molecule has 0 saturated heterocycles. The Bertz CT molecular complexity index is 364. The van der Waals surface area contributed by atoms with Gasteiger partial charge < -0.3 is 0 Å². The zero-order chi connectivity index (χ0) is 10.1. The minimum atomic E-state index is -0.325. The topological polar surface area (TPSA) is 30.0 Å². The van der Waals surface area contributed by atoms with Crippen LogP contribution in [0.15, 0.2) is 18.5 Å². The van der Waals surface area contributed by atoms with Crippen molar-refractivity contribution in [3.05, 3.63) is 29.8 Å². The Morgan fingerprint density at radius 1 is 1.50 bits per heavy atom. The summed E-state index contributed by atoms with van der Waals surface area (Å²) in [6.07, 6.45) is 4.28. The molecule has 0 spiro atoms. The molecule has 2 atom stereocenters. The molecule has 2 nitrogen and oxygen atoms in total. The fraction of sp³-hybridized carbons (Fsp3) is 0.455. The molecule has 1 aliphatic rings. The summed E-state index contributed by atoms with van der Waals surface area (Å²) >= 11 is 0. The van der Waals surface area contributed by atoms with Crippen molar-refractivity contribution in [3.8, 4) is 0 Å². The Kier molecular flexibility index (Phi) is 2.32. The van der Waals surface area contributed by atoms with Crippen LogP contribution in [0.2, 0.25) is 0 Å². The highest BCUT2D eigenvalue weighted by Crippen LogP contribution is 2.36. The van der Waals surface area contributed by atoms with E-state index in [1.807, 2.05) is 6.92 Å². The number of carbonyl (C=O) groups is 1. The van der Waals surface area contributed by atoms with Crippen molar-refractivity contribution in [2.24, 2.45) is 5.92 Å². The van der Waals surface area contributed by atoms with Gasteiger partial charge in [-0.15, -0.1) is 0 Å². The van der Waals surface area contributed by atoms with Gasteiger partial charge in [0.15, 0.2) is 0 Å². The summed E-state index contributed by atoms with van der Waals surface area (Å²) in [5.74, 6) is 0.123. The average molecular weight is 193 g/mol. The standard InChI is InChI=1S/C11H12FNO/c1-7-10(2-3-11(7)14)8-4-9(12)6-13-5-8/h4-7,10H,2-3H2,1H3. The van der Waals surface area contributed by atoms with Crippen molar-refractivity contribution < 1.29 is 9.18 Å². The van der Waals surface area contributed by atoms with E-state index in [0.29, 0.717) is 6.42 Å². The average Bonchev–Trinajstić information content (AvgIpc) is 2.48. The van der Waals surface area contributed by atoms with Crippen molar-refractivity contribution in [1.29, 1.82) is 0 Å². The second-order valence-electron chi connectivity index (χ2n) is 3.84. The van der Waals surface area contributed by atoms with E-state index in [1.165, 1.54) is 12.3 Å². The smallest absolute Gasteiger partial charge is 0.141 e. The zero-order valence-electron chi connectivity index (χ0n) is 8.03. The maximum absolute atomic E-state index is 12.9. The summed E-state index contributed by atoms with van der Waals surface area (Å²) in [6.45, 7) is 1.91. The van der Waals surface area contributed by atoms with Crippen LogP contribution in [0, 0.1) is 11.7 Å². The van der Waals surface area contributed by atoms with Gasteiger partial charge in [-0.05, 0) is 24.0 Å². The number of rotatable bonds is 1. The molecule has 2 unspecified atom stereocenters. The molecule has 0 N–H and O–H groups in total. The lowest BCUT2D eigenvalue weighted by Gasteiger charge is -2.13. The molecule has 0 aromatic carbocycles. The van der Waals surface area contributed by atoms with Crippen LogP contribution in [-0.4, -0.2) is 10.8 Å².